The molecule has 2 rings (SSSR count). The van der Waals surface area contributed by atoms with Crippen molar-refractivity contribution in [2.24, 2.45) is 0 Å². The molecule has 0 aliphatic rings. The molecule has 2 heterocycles. The van der Waals surface area contributed by atoms with Gasteiger partial charge in [-0.2, -0.15) is 0 Å². The number of hydrogen-bond donors (Lipinski definition) is 0. The maximum atomic E-state index is 13.5. The van der Waals surface area contributed by atoms with Gasteiger partial charge in [0.2, 0.25) is 0 Å². The molecule has 0 unspecified atom stereocenters. The summed E-state index contributed by atoms with van der Waals surface area (Å²) >= 11 is 0. The number of halogens is 2. The Kier molecular flexibility index (Phi) is 5.63. The number of anilines is 1. The van der Waals surface area contributed by atoms with Crippen LogP contribution in [0.5, 0.6) is 0 Å². The van der Waals surface area contributed by atoms with Gasteiger partial charge >= 0.3 is 0 Å². The lowest BCUT2D eigenvalue weighted by Crippen LogP contribution is -2.15. The van der Waals surface area contributed by atoms with Crippen LogP contribution in [0.4, 0.5) is 14.5 Å². The highest BCUT2D eigenvalue weighted by Gasteiger charge is 2.08. The van der Waals surface area contributed by atoms with Crippen LogP contribution in [-0.4, -0.2) is 17.0 Å². The van der Waals surface area contributed by atoms with Crippen LogP contribution in [0.2, 0.25) is 0 Å². The Labute approximate surface area is 140 Å². The van der Waals surface area contributed by atoms with Gasteiger partial charge in [0.1, 0.15) is 23.9 Å². The van der Waals surface area contributed by atoms with Gasteiger partial charge < -0.3 is 9.64 Å². The van der Waals surface area contributed by atoms with E-state index in [-0.39, 0.29) is 12.3 Å². The van der Waals surface area contributed by atoms with Gasteiger partial charge in [-0.25, -0.2) is 8.78 Å². The lowest BCUT2D eigenvalue weighted by atomic mass is 10.2. The van der Waals surface area contributed by atoms with Crippen LogP contribution in [0.15, 0.2) is 54.8 Å². The summed E-state index contributed by atoms with van der Waals surface area (Å²) in [5.41, 5.74) is 2.97. The van der Waals surface area contributed by atoms with Gasteiger partial charge in [-0.05, 0) is 31.6 Å². The van der Waals surface area contributed by atoms with Crippen molar-refractivity contribution in [1.82, 2.24) is 9.97 Å². The molecule has 2 aromatic heterocycles. The Balaban J connectivity index is 2.02. The number of aryl methyl sites for hydroxylation is 1. The van der Waals surface area contributed by atoms with Crippen LogP contribution >= 0.6 is 0 Å². The smallest absolute Gasteiger partial charge is 0.151 e. The molecule has 0 bridgehead atoms. The molecule has 0 aromatic carbocycles. The highest BCUT2D eigenvalue weighted by Crippen LogP contribution is 2.21. The maximum Gasteiger partial charge on any atom is 0.151 e. The first-order valence-corrected chi connectivity index (χ1v) is 7.32. The molecule has 0 radical (unpaired) electrons. The third-order valence-corrected chi connectivity index (χ3v) is 3.53. The summed E-state index contributed by atoms with van der Waals surface area (Å²) in [6, 6.07) is 2.68. The average Bonchev–Trinajstić information content (AvgIpc) is 2.53. The van der Waals surface area contributed by atoms with E-state index in [9.17, 15) is 8.78 Å². The molecule has 0 aliphatic heterocycles. The Hall–Kier alpha value is -2.76. The van der Waals surface area contributed by atoms with Gasteiger partial charge in [-0.15, -0.1) is 0 Å². The van der Waals surface area contributed by atoms with Gasteiger partial charge in [0, 0.05) is 36.9 Å². The van der Waals surface area contributed by atoms with Gasteiger partial charge in [-0.3, -0.25) is 9.97 Å². The quantitative estimate of drug-likeness (QED) is 0.589. The third kappa shape index (κ3) is 4.38. The van der Waals surface area contributed by atoms with Crippen molar-refractivity contribution in [2.75, 3.05) is 11.9 Å². The summed E-state index contributed by atoms with van der Waals surface area (Å²) in [6.45, 7) is 7.56. The van der Waals surface area contributed by atoms with Gasteiger partial charge in [-0.1, -0.05) is 6.58 Å². The first-order chi connectivity index (χ1) is 11.4. The van der Waals surface area contributed by atoms with E-state index in [1.807, 2.05) is 31.9 Å². The topological polar surface area (TPSA) is 38.2 Å². The molecule has 24 heavy (non-hydrogen) atoms. The predicted molar refractivity (Wildman–Crippen MR) is 89.2 cm³/mol. The Morgan fingerprint density at radius 1 is 1.38 bits per heavy atom. The van der Waals surface area contributed by atoms with E-state index in [0.29, 0.717) is 5.76 Å². The molecule has 0 N–H and O–H groups in total. The molecule has 0 fully saturated rings. The van der Waals surface area contributed by atoms with Crippen molar-refractivity contribution in [3.05, 3.63) is 77.7 Å². The second kappa shape index (κ2) is 7.68. The molecule has 0 aliphatic carbocycles. The number of pyridine rings is 2. The lowest BCUT2D eigenvalue weighted by Gasteiger charge is -2.22. The number of ether oxygens (including phenoxy) is 1. The zero-order valence-electron chi connectivity index (χ0n) is 13.9. The molecular formula is C18H19F2N3O. The van der Waals surface area contributed by atoms with Gasteiger partial charge in [0.25, 0.3) is 0 Å². The summed E-state index contributed by atoms with van der Waals surface area (Å²) in [7, 11) is 1.92. The summed E-state index contributed by atoms with van der Waals surface area (Å²) in [5, 5.41) is 0. The minimum Gasteiger partial charge on any atom is -0.488 e. The molecule has 0 atom stereocenters. The van der Waals surface area contributed by atoms with Gasteiger partial charge in [0.05, 0.1) is 6.20 Å². The largest absolute Gasteiger partial charge is 0.488 e. The van der Waals surface area contributed by atoms with Crippen LogP contribution in [0.1, 0.15) is 18.2 Å². The molecule has 4 nitrogen and oxygen atoms in total. The first kappa shape index (κ1) is 17.6. The normalized spacial score (nSPS) is 11.3. The van der Waals surface area contributed by atoms with E-state index in [2.05, 4.69) is 16.5 Å². The maximum absolute atomic E-state index is 13.5. The van der Waals surface area contributed by atoms with Crippen molar-refractivity contribution in [2.45, 2.75) is 20.5 Å². The summed E-state index contributed by atoms with van der Waals surface area (Å²) in [6.07, 6.45) is 6.20. The van der Waals surface area contributed by atoms with Crippen LogP contribution in [0.3, 0.4) is 0 Å². The van der Waals surface area contributed by atoms with Crippen LogP contribution < -0.4 is 4.90 Å². The average molecular weight is 331 g/mol. The fourth-order valence-electron chi connectivity index (χ4n) is 2.11. The summed E-state index contributed by atoms with van der Waals surface area (Å²) in [5.74, 6) is -1.11. The molecule has 0 spiro atoms. The third-order valence-electron chi connectivity index (χ3n) is 3.53. The van der Waals surface area contributed by atoms with Gasteiger partial charge in [0.15, 0.2) is 5.82 Å². The predicted octanol–water partition coefficient (Wildman–Crippen LogP) is 4.13. The number of rotatable bonds is 6. The lowest BCUT2D eigenvalue weighted by molar-refractivity contribution is 0.204. The molecule has 2 aromatic rings. The van der Waals surface area contributed by atoms with E-state index in [1.54, 1.807) is 18.5 Å². The van der Waals surface area contributed by atoms with E-state index < -0.39 is 11.6 Å². The van der Waals surface area contributed by atoms with E-state index >= 15 is 0 Å². The number of nitrogens with zero attached hydrogens (tertiary/aromatic N) is 3. The minimum absolute atomic E-state index is 0.0296. The van der Waals surface area contributed by atoms with Crippen molar-refractivity contribution < 1.29 is 13.5 Å². The monoisotopic (exact) mass is 331 g/mol. The molecule has 0 saturated heterocycles. The number of aromatic nitrogens is 2. The van der Waals surface area contributed by atoms with E-state index in [4.69, 9.17) is 4.74 Å². The van der Waals surface area contributed by atoms with E-state index in [1.165, 1.54) is 0 Å². The molecule has 0 amide bonds. The van der Waals surface area contributed by atoms with Crippen molar-refractivity contribution in [1.29, 1.82) is 0 Å². The Morgan fingerprint density at radius 2 is 2.12 bits per heavy atom. The molecule has 0 saturated carbocycles. The first-order valence-electron chi connectivity index (χ1n) is 7.32. The fraction of sp³-hybridized carbons (Fsp3) is 0.222. The Morgan fingerprint density at radius 3 is 2.79 bits per heavy atom. The van der Waals surface area contributed by atoms with Crippen molar-refractivity contribution in [3.63, 3.8) is 0 Å². The van der Waals surface area contributed by atoms with Crippen LogP contribution in [-0.2, 0) is 11.3 Å². The zero-order chi connectivity index (χ0) is 17.7. The summed E-state index contributed by atoms with van der Waals surface area (Å²) in [4.78, 5) is 9.71. The summed E-state index contributed by atoms with van der Waals surface area (Å²) < 4.78 is 31.7. The highest BCUT2D eigenvalue weighted by atomic mass is 19.1. The zero-order valence-corrected chi connectivity index (χ0v) is 13.9. The Bertz CT molecular complexity index is 775. The van der Waals surface area contributed by atoms with E-state index in [0.717, 1.165) is 29.2 Å². The minimum atomic E-state index is -0.743. The van der Waals surface area contributed by atoms with Crippen LogP contribution in [0, 0.1) is 18.6 Å². The van der Waals surface area contributed by atoms with Crippen molar-refractivity contribution >= 4 is 5.69 Å². The van der Waals surface area contributed by atoms with Crippen molar-refractivity contribution in [3.8, 4) is 0 Å². The fourth-order valence-corrected chi connectivity index (χ4v) is 2.11. The molecular weight excluding hydrogens is 312 g/mol. The standard InChI is InChI=1S/C18H19F2N3O/c1-12-9-21-6-5-18(12)23(4)13(2)7-14(3)24-11-17-16(20)8-15(19)10-22-17/h5-10H,3,11H2,1-2,4H3/b13-7-. The highest BCUT2D eigenvalue weighted by molar-refractivity contribution is 5.55. The molecule has 6 heteroatoms. The number of allylic oxidation sites excluding steroid dienone is 2. The second-order valence-electron chi connectivity index (χ2n) is 5.34. The van der Waals surface area contributed by atoms with Crippen LogP contribution in [0.25, 0.3) is 0 Å². The number of hydrogen-bond acceptors (Lipinski definition) is 4. The molecule has 126 valence electrons. The SMILES string of the molecule is C=C(/C=C(/C)N(C)c1ccncc1C)OCc1ncc(F)cc1F. The second-order valence-corrected chi connectivity index (χ2v) is 5.34.